The Bertz CT molecular complexity index is 751. The fraction of sp³-hybridized carbons (Fsp3) is 0. The number of hydrogen-bond acceptors (Lipinski definition) is 1. The summed E-state index contributed by atoms with van der Waals surface area (Å²) in [6.07, 6.45) is 0. The first-order valence-corrected chi connectivity index (χ1v) is 5.87. The lowest BCUT2D eigenvalue weighted by molar-refractivity contribution is 1.48. The van der Waals surface area contributed by atoms with Gasteiger partial charge in [0, 0.05) is 0 Å². The second-order valence-corrected chi connectivity index (χ2v) is 4.22. The van der Waals surface area contributed by atoms with Crippen LogP contribution in [-0.4, -0.2) is 0 Å². The van der Waals surface area contributed by atoms with Gasteiger partial charge in [0.2, 0.25) is 0 Å². The topological polar surface area (TPSA) is 23.8 Å². The van der Waals surface area contributed by atoms with Crippen molar-refractivity contribution in [3.05, 3.63) is 72.3 Å². The maximum absolute atomic E-state index is 9.14. The van der Waals surface area contributed by atoms with Crippen molar-refractivity contribution in [3.63, 3.8) is 0 Å². The van der Waals surface area contributed by atoms with Crippen LogP contribution in [0.4, 0.5) is 0 Å². The highest BCUT2D eigenvalue weighted by molar-refractivity contribution is 5.88. The van der Waals surface area contributed by atoms with Crippen LogP contribution in [0.15, 0.2) is 66.7 Å². The summed E-state index contributed by atoms with van der Waals surface area (Å²) in [5.41, 5.74) is 2.80. The van der Waals surface area contributed by atoms with E-state index in [1.165, 1.54) is 10.8 Å². The van der Waals surface area contributed by atoms with Gasteiger partial charge in [0.15, 0.2) is 0 Å². The number of nitrogens with zero attached hydrogens (tertiary/aromatic N) is 1. The molecule has 0 saturated heterocycles. The van der Waals surface area contributed by atoms with Gasteiger partial charge in [0.25, 0.3) is 0 Å². The summed E-state index contributed by atoms with van der Waals surface area (Å²) >= 11 is 0. The molecule has 0 amide bonds. The van der Waals surface area contributed by atoms with Crippen LogP contribution in [0.5, 0.6) is 0 Å². The maximum Gasteiger partial charge on any atom is 0.0998 e. The van der Waals surface area contributed by atoms with E-state index in [1.807, 2.05) is 36.4 Å². The van der Waals surface area contributed by atoms with Crippen molar-refractivity contribution in [1.29, 1.82) is 5.26 Å². The van der Waals surface area contributed by atoms with Gasteiger partial charge in [-0.1, -0.05) is 54.6 Å². The Morgan fingerprint density at radius 1 is 0.722 bits per heavy atom. The third kappa shape index (κ3) is 1.74. The highest BCUT2D eigenvalue weighted by atomic mass is 14.2. The molecule has 0 aliphatic heterocycles. The number of fused-ring (bicyclic) bond motifs is 1. The minimum absolute atomic E-state index is 0.716. The highest BCUT2D eigenvalue weighted by Crippen LogP contribution is 2.26. The van der Waals surface area contributed by atoms with Crippen LogP contribution in [0.1, 0.15) is 5.56 Å². The van der Waals surface area contributed by atoms with Gasteiger partial charge in [0.05, 0.1) is 11.6 Å². The Morgan fingerprint density at radius 2 is 1.44 bits per heavy atom. The molecule has 1 nitrogen and oxygen atoms in total. The van der Waals surface area contributed by atoms with E-state index in [9.17, 15) is 0 Å². The van der Waals surface area contributed by atoms with E-state index in [0.29, 0.717) is 5.56 Å². The van der Waals surface area contributed by atoms with Crippen molar-refractivity contribution in [3.8, 4) is 17.2 Å². The van der Waals surface area contributed by atoms with Crippen molar-refractivity contribution in [2.24, 2.45) is 0 Å². The zero-order valence-electron chi connectivity index (χ0n) is 9.80. The molecule has 0 spiro atoms. The van der Waals surface area contributed by atoms with Crippen molar-refractivity contribution in [1.82, 2.24) is 0 Å². The molecule has 0 unspecified atom stereocenters. The van der Waals surface area contributed by atoms with Gasteiger partial charge >= 0.3 is 0 Å². The molecule has 0 atom stereocenters. The van der Waals surface area contributed by atoms with E-state index in [0.717, 1.165) is 11.1 Å². The molecule has 0 saturated carbocycles. The molecule has 1 heteroatoms. The van der Waals surface area contributed by atoms with E-state index in [2.05, 4.69) is 36.4 Å². The third-order valence-corrected chi connectivity index (χ3v) is 3.11. The second kappa shape index (κ2) is 4.35. The number of rotatable bonds is 1. The van der Waals surface area contributed by atoms with Crippen LogP contribution in [-0.2, 0) is 0 Å². The largest absolute Gasteiger partial charge is 0.192 e. The quantitative estimate of drug-likeness (QED) is 0.607. The maximum atomic E-state index is 9.14. The van der Waals surface area contributed by atoms with Crippen LogP contribution >= 0.6 is 0 Å². The van der Waals surface area contributed by atoms with Gasteiger partial charge in [-0.15, -0.1) is 0 Å². The zero-order chi connectivity index (χ0) is 12.4. The van der Waals surface area contributed by atoms with Crippen LogP contribution in [0, 0.1) is 11.3 Å². The SMILES string of the molecule is N#Cc1ccccc1-c1ccc2ccccc2c1. The van der Waals surface area contributed by atoms with Crippen LogP contribution in [0.25, 0.3) is 21.9 Å². The Labute approximate surface area is 106 Å². The molecule has 84 valence electrons. The van der Waals surface area contributed by atoms with E-state index < -0.39 is 0 Å². The number of benzene rings is 3. The summed E-state index contributed by atoms with van der Waals surface area (Å²) in [6, 6.07) is 24.5. The Hall–Kier alpha value is -2.59. The predicted octanol–water partition coefficient (Wildman–Crippen LogP) is 4.38. The molecule has 18 heavy (non-hydrogen) atoms. The molecule has 0 bridgehead atoms. The van der Waals surface area contributed by atoms with Gasteiger partial charge in [-0.3, -0.25) is 0 Å². The second-order valence-electron chi connectivity index (χ2n) is 4.22. The standard InChI is InChI=1S/C17H11N/c18-12-16-7-3-4-8-17(16)15-10-9-13-5-1-2-6-14(13)11-15/h1-11H. The Balaban J connectivity index is 2.23. The molecule has 3 aromatic rings. The minimum atomic E-state index is 0.716. The van der Waals surface area contributed by atoms with Crippen molar-refractivity contribution < 1.29 is 0 Å². The average molecular weight is 229 g/mol. The molecule has 0 aliphatic carbocycles. The van der Waals surface area contributed by atoms with E-state index >= 15 is 0 Å². The molecule has 0 fully saturated rings. The fourth-order valence-corrected chi connectivity index (χ4v) is 2.19. The van der Waals surface area contributed by atoms with Crippen molar-refractivity contribution in [2.75, 3.05) is 0 Å². The molecule has 0 radical (unpaired) electrons. The normalized spacial score (nSPS) is 10.2. The van der Waals surface area contributed by atoms with E-state index in [-0.39, 0.29) is 0 Å². The van der Waals surface area contributed by atoms with Gasteiger partial charge < -0.3 is 0 Å². The van der Waals surface area contributed by atoms with Gasteiger partial charge in [-0.2, -0.15) is 5.26 Å². The van der Waals surface area contributed by atoms with Crippen LogP contribution in [0.2, 0.25) is 0 Å². The summed E-state index contributed by atoms with van der Waals surface area (Å²) in [4.78, 5) is 0. The minimum Gasteiger partial charge on any atom is -0.192 e. The van der Waals surface area contributed by atoms with Crippen LogP contribution in [0.3, 0.4) is 0 Å². The Morgan fingerprint density at radius 3 is 2.28 bits per heavy atom. The van der Waals surface area contributed by atoms with E-state index in [4.69, 9.17) is 5.26 Å². The lowest BCUT2D eigenvalue weighted by Crippen LogP contribution is -1.83. The van der Waals surface area contributed by atoms with Crippen molar-refractivity contribution >= 4 is 10.8 Å². The lowest BCUT2D eigenvalue weighted by atomic mass is 9.98. The highest BCUT2D eigenvalue weighted by Gasteiger charge is 2.04. The van der Waals surface area contributed by atoms with Gasteiger partial charge in [-0.05, 0) is 34.0 Å². The molecule has 3 rings (SSSR count). The third-order valence-electron chi connectivity index (χ3n) is 3.11. The molecule has 3 aromatic carbocycles. The smallest absolute Gasteiger partial charge is 0.0998 e. The first kappa shape index (κ1) is 10.6. The molecule has 0 N–H and O–H groups in total. The summed E-state index contributed by atoms with van der Waals surface area (Å²) in [6.45, 7) is 0. The molecule has 0 aliphatic rings. The molecular formula is C17H11N. The molecule has 0 heterocycles. The first-order valence-electron chi connectivity index (χ1n) is 5.87. The first-order chi connectivity index (χ1) is 8.88. The summed E-state index contributed by atoms with van der Waals surface area (Å²) < 4.78 is 0. The molecular weight excluding hydrogens is 218 g/mol. The van der Waals surface area contributed by atoms with Crippen molar-refractivity contribution in [2.45, 2.75) is 0 Å². The monoisotopic (exact) mass is 229 g/mol. The fourth-order valence-electron chi connectivity index (χ4n) is 2.19. The lowest BCUT2D eigenvalue weighted by Gasteiger charge is -2.05. The predicted molar refractivity (Wildman–Crippen MR) is 74.1 cm³/mol. The van der Waals surface area contributed by atoms with Gasteiger partial charge in [-0.25, -0.2) is 0 Å². The zero-order valence-corrected chi connectivity index (χ0v) is 9.80. The summed E-state index contributed by atoms with van der Waals surface area (Å²) in [5.74, 6) is 0. The van der Waals surface area contributed by atoms with Gasteiger partial charge in [0.1, 0.15) is 0 Å². The number of hydrogen-bond donors (Lipinski definition) is 0. The number of nitriles is 1. The molecule has 0 aromatic heterocycles. The Kier molecular flexibility index (Phi) is 2.55. The summed E-state index contributed by atoms with van der Waals surface area (Å²) in [5, 5.41) is 11.6. The average Bonchev–Trinajstić information content (AvgIpc) is 2.46. The van der Waals surface area contributed by atoms with E-state index in [1.54, 1.807) is 0 Å². The van der Waals surface area contributed by atoms with Crippen LogP contribution < -0.4 is 0 Å². The summed E-state index contributed by atoms with van der Waals surface area (Å²) in [7, 11) is 0.